The second-order valence-corrected chi connectivity index (χ2v) is 7.56. The Kier molecular flexibility index (Phi) is 4.09. The Balaban J connectivity index is 2.22. The summed E-state index contributed by atoms with van der Waals surface area (Å²) >= 11 is 1.66. The van der Waals surface area contributed by atoms with Crippen LogP contribution in [0.15, 0.2) is 16.1 Å². The Bertz CT molecular complexity index is 908. The van der Waals surface area contributed by atoms with Crippen LogP contribution in [0.25, 0.3) is 16.7 Å². The highest BCUT2D eigenvalue weighted by Crippen LogP contribution is 2.27. The fourth-order valence-electron chi connectivity index (χ4n) is 2.31. The lowest BCUT2D eigenvalue weighted by Gasteiger charge is -2.15. The van der Waals surface area contributed by atoms with Gasteiger partial charge >= 0.3 is 0 Å². The van der Waals surface area contributed by atoms with E-state index in [1.165, 1.54) is 10.8 Å². The summed E-state index contributed by atoms with van der Waals surface area (Å²) in [7, 11) is 0. The highest BCUT2D eigenvalue weighted by atomic mass is 32.2. The normalized spacial score (nSPS) is 12.3. The third kappa shape index (κ3) is 2.83. The number of H-pyrrole nitrogens is 1. The number of aromatic amines is 1. The van der Waals surface area contributed by atoms with Gasteiger partial charge in [-0.1, -0.05) is 34.1 Å². The zero-order valence-electron chi connectivity index (χ0n) is 13.8. The first-order chi connectivity index (χ1) is 10.9. The van der Waals surface area contributed by atoms with Crippen LogP contribution < -0.4 is 5.56 Å². The molecule has 0 bridgehead atoms. The summed E-state index contributed by atoms with van der Waals surface area (Å²) in [5, 5.41) is 13.1. The summed E-state index contributed by atoms with van der Waals surface area (Å²) in [6, 6.07) is 0. The Labute approximate surface area is 137 Å². The van der Waals surface area contributed by atoms with Crippen molar-refractivity contribution in [3.05, 3.63) is 22.4 Å². The van der Waals surface area contributed by atoms with E-state index in [9.17, 15) is 4.79 Å². The maximum atomic E-state index is 12.7. The molecule has 0 aliphatic heterocycles. The molecule has 0 fully saturated rings. The standard InChI is InChI=1S/C15H20N6OS/c1-5-6-7-23-13-9-11(16-8-17-13)20-21-12(9)19-18-10(14(21)22)15(2,3)4/h8H,5-7H2,1-4H3,(H,16,17,20). The molecule has 122 valence electrons. The van der Waals surface area contributed by atoms with Crippen LogP contribution in [-0.2, 0) is 5.41 Å². The van der Waals surface area contributed by atoms with E-state index in [4.69, 9.17) is 0 Å². The van der Waals surface area contributed by atoms with Gasteiger partial charge in [0.05, 0.1) is 5.39 Å². The van der Waals surface area contributed by atoms with Crippen molar-refractivity contribution in [2.45, 2.75) is 51.0 Å². The molecule has 3 heterocycles. The predicted molar refractivity (Wildman–Crippen MR) is 91.0 cm³/mol. The molecule has 8 heteroatoms. The van der Waals surface area contributed by atoms with Crippen molar-refractivity contribution < 1.29 is 0 Å². The molecule has 0 aliphatic carbocycles. The summed E-state index contributed by atoms with van der Waals surface area (Å²) in [6.45, 7) is 7.98. The van der Waals surface area contributed by atoms with E-state index in [0.29, 0.717) is 17.0 Å². The third-order valence-electron chi connectivity index (χ3n) is 3.56. The molecule has 0 aliphatic rings. The molecule has 0 unspecified atom stereocenters. The Hall–Kier alpha value is -1.96. The molecule has 0 amide bonds. The lowest BCUT2D eigenvalue weighted by Crippen LogP contribution is -2.30. The van der Waals surface area contributed by atoms with Gasteiger partial charge in [0.25, 0.3) is 5.56 Å². The Morgan fingerprint density at radius 3 is 2.74 bits per heavy atom. The average Bonchev–Trinajstić information content (AvgIpc) is 2.87. The van der Waals surface area contributed by atoms with Gasteiger partial charge < -0.3 is 0 Å². The highest BCUT2D eigenvalue weighted by Gasteiger charge is 2.24. The van der Waals surface area contributed by atoms with Gasteiger partial charge in [-0.2, -0.15) is 4.52 Å². The van der Waals surface area contributed by atoms with Crippen LogP contribution in [0, 0.1) is 0 Å². The number of nitrogens with one attached hydrogen (secondary N) is 1. The number of nitrogens with zero attached hydrogens (tertiary/aromatic N) is 5. The van der Waals surface area contributed by atoms with Gasteiger partial charge in [0.1, 0.15) is 17.0 Å². The van der Waals surface area contributed by atoms with Gasteiger partial charge in [0.2, 0.25) is 0 Å². The van der Waals surface area contributed by atoms with Crippen molar-refractivity contribution >= 4 is 28.4 Å². The minimum absolute atomic E-state index is 0.190. The van der Waals surface area contributed by atoms with Gasteiger partial charge in [-0.25, -0.2) is 9.97 Å². The molecule has 3 aromatic rings. The van der Waals surface area contributed by atoms with E-state index >= 15 is 0 Å². The maximum Gasteiger partial charge on any atom is 0.295 e. The van der Waals surface area contributed by atoms with Gasteiger partial charge in [0.15, 0.2) is 11.3 Å². The molecule has 23 heavy (non-hydrogen) atoms. The number of unbranched alkanes of at least 4 members (excludes halogenated alkanes) is 1. The van der Waals surface area contributed by atoms with E-state index in [-0.39, 0.29) is 11.0 Å². The second kappa shape index (κ2) is 5.92. The van der Waals surface area contributed by atoms with Crippen LogP contribution in [0.1, 0.15) is 46.2 Å². The zero-order valence-corrected chi connectivity index (χ0v) is 14.6. The number of thioether (sulfide) groups is 1. The summed E-state index contributed by atoms with van der Waals surface area (Å²) in [6.07, 6.45) is 3.75. The maximum absolute atomic E-state index is 12.7. The fraction of sp³-hybridized carbons (Fsp3) is 0.533. The number of hydrogen-bond acceptors (Lipinski definition) is 6. The van der Waals surface area contributed by atoms with Gasteiger partial charge in [-0.3, -0.25) is 9.89 Å². The van der Waals surface area contributed by atoms with Gasteiger partial charge in [-0.15, -0.1) is 22.0 Å². The molecule has 0 atom stereocenters. The SMILES string of the molecule is CCCCSc1ncnc2[nH]n3c(=O)c(C(C)(C)C)nnc3c12. The minimum Gasteiger partial charge on any atom is -0.272 e. The quantitative estimate of drug-likeness (QED) is 0.449. The number of hydrogen-bond donors (Lipinski definition) is 1. The minimum atomic E-state index is -0.368. The Morgan fingerprint density at radius 1 is 1.26 bits per heavy atom. The topological polar surface area (TPSA) is 88.8 Å². The van der Waals surface area contributed by atoms with Crippen molar-refractivity contribution in [2.75, 3.05) is 5.75 Å². The summed E-state index contributed by atoms with van der Waals surface area (Å²) in [4.78, 5) is 21.3. The van der Waals surface area contributed by atoms with Gasteiger partial charge in [-0.05, 0) is 12.2 Å². The summed E-state index contributed by atoms with van der Waals surface area (Å²) in [5.74, 6) is 0.970. The first-order valence-corrected chi connectivity index (χ1v) is 8.67. The predicted octanol–water partition coefficient (Wildman–Crippen LogP) is 2.55. The lowest BCUT2D eigenvalue weighted by atomic mass is 9.93. The molecule has 7 nitrogen and oxygen atoms in total. The molecule has 3 rings (SSSR count). The van der Waals surface area contributed by atoms with Crippen molar-refractivity contribution in [1.29, 1.82) is 0 Å². The molecular weight excluding hydrogens is 312 g/mol. The van der Waals surface area contributed by atoms with Crippen LogP contribution in [-0.4, -0.2) is 35.5 Å². The first-order valence-electron chi connectivity index (χ1n) is 7.69. The molecule has 0 radical (unpaired) electrons. The number of aromatic nitrogens is 6. The average molecular weight is 332 g/mol. The highest BCUT2D eigenvalue weighted by molar-refractivity contribution is 7.99. The van der Waals surface area contributed by atoms with Crippen molar-refractivity contribution in [3.8, 4) is 0 Å². The molecule has 0 saturated carbocycles. The summed E-state index contributed by atoms with van der Waals surface area (Å²) in [5.41, 5.74) is 0.959. The molecular formula is C15H20N6OS. The van der Waals surface area contributed by atoms with Crippen molar-refractivity contribution in [2.24, 2.45) is 0 Å². The molecule has 0 spiro atoms. The smallest absolute Gasteiger partial charge is 0.272 e. The van der Waals surface area contributed by atoms with Crippen molar-refractivity contribution in [3.63, 3.8) is 0 Å². The van der Waals surface area contributed by atoms with E-state index in [1.807, 2.05) is 20.8 Å². The van der Waals surface area contributed by atoms with Gasteiger partial charge in [0, 0.05) is 5.41 Å². The van der Waals surface area contributed by atoms with Crippen LogP contribution in [0.5, 0.6) is 0 Å². The van der Waals surface area contributed by atoms with Crippen LogP contribution >= 0.6 is 11.8 Å². The Morgan fingerprint density at radius 2 is 2.04 bits per heavy atom. The monoisotopic (exact) mass is 332 g/mol. The third-order valence-corrected chi connectivity index (χ3v) is 4.64. The number of rotatable bonds is 4. The van der Waals surface area contributed by atoms with Crippen LogP contribution in [0.3, 0.4) is 0 Å². The molecule has 3 aromatic heterocycles. The second-order valence-electron chi connectivity index (χ2n) is 6.48. The summed E-state index contributed by atoms with van der Waals surface area (Å²) < 4.78 is 1.43. The van der Waals surface area contributed by atoms with E-state index < -0.39 is 0 Å². The number of fused-ring (bicyclic) bond motifs is 3. The van der Waals surface area contributed by atoms with Crippen LogP contribution in [0.4, 0.5) is 0 Å². The largest absolute Gasteiger partial charge is 0.295 e. The lowest BCUT2D eigenvalue weighted by molar-refractivity contribution is 0.542. The van der Waals surface area contributed by atoms with E-state index in [2.05, 4.69) is 32.2 Å². The molecule has 0 saturated heterocycles. The van der Waals surface area contributed by atoms with Crippen LogP contribution in [0.2, 0.25) is 0 Å². The van der Waals surface area contributed by atoms with E-state index in [1.54, 1.807) is 11.8 Å². The van der Waals surface area contributed by atoms with Crippen molar-refractivity contribution in [1.82, 2.24) is 29.8 Å². The zero-order chi connectivity index (χ0) is 16.6. The molecule has 0 aromatic carbocycles. The fourth-order valence-corrected chi connectivity index (χ4v) is 3.39. The van der Waals surface area contributed by atoms with E-state index in [0.717, 1.165) is 29.0 Å². The molecule has 1 N–H and O–H groups in total. The first kappa shape index (κ1) is 15.9.